The minimum absolute atomic E-state index is 0.00715. The first-order valence-corrected chi connectivity index (χ1v) is 8.07. The Labute approximate surface area is 110 Å². The minimum Gasteiger partial charge on any atom is -0.469 e. The molecule has 0 aromatic heterocycles. The molecule has 0 saturated carbocycles. The summed E-state index contributed by atoms with van der Waals surface area (Å²) in [7, 11) is 2.40. The highest BCUT2D eigenvalue weighted by molar-refractivity contribution is 6.27. The molecule has 17 heavy (non-hydrogen) atoms. The maximum atomic E-state index is 11.9. The van der Waals surface area contributed by atoms with Crippen molar-refractivity contribution in [3.63, 3.8) is 0 Å². The minimum atomic E-state index is -0.167. The molecule has 102 valence electrons. The van der Waals surface area contributed by atoms with Gasteiger partial charge in [0.25, 0.3) is 0 Å². The average Bonchev–Trinajstić information content (AvgIpc) is 2.31. The van der Waals surface area contributed by atoms with E-state index in [9.17, 15) is 4.79 Å². The molecule has 0 bridgehead atoms. The summed E-state index contributed by atoms with van der Waals surface area (Å²) in [6, 6.07) is 0. The Balaban J connectivity index is 3.98. The molecule has 3 heteroatoms. The molecule has 0 spiro atoms. The number of unbranched alkanes of at least 4 members (excludes halogenated alkanes) is 5. The SMILES string of the molecule is CCCCCCCCC([SiH3])(C(=O)OC)C(C)C. The summed E-state index contributed by atoms with van der Waals surface area (Å²) in [6.45, 7) is 6.51. The Morgan fingerprint density at radius 3 is 2.18 bits per heavy atom. The monoisotopic (exact) mass is 258 g/mol. The van der Waals surface area contributed by atoms with Crippen LogP contribution < -0.4 is 0 Å². The predicted molar refractivity (Wildman–Crippen MR) is 77.5 cm³/mol. The Bertz CT molecular complexity index is 216. The fourth-order valence-corrected chi connectivity index (χ4v) is 2.69. The van der Waals surface area contributed by atoms with E-state index in [2.05, 4.69) is 20.8 Å². The molecule has 0 aliphatic carbocycles. The third kappa shape index (κ3) is 5.71. The molecule has 0 aromatic rings. The number of esters is 1. The summed E-state index contributed by atoms with van der Waals surface area (Å²) in [5.74, 6) is 0.407. The van der Waals surface area contributed by atoms with Gasteiger partial charge in [0.1, 0.15) is 0 Å². The van der Waals surface area contributed by atoms with Crippen molar-refractivity contribution < 1.29 is 9.53 Å². The van der Waals surface area contributed by atoms with Crippen LogP contribution in [-0.4, -0.2) is 23.3 Å². The lowest BCUT2D eigenvalue weighted by atomic mass is 9.88. The van der Waals surface area contributed by atoms with Gasteiger partial charge in [-0.1, -0.05) is 59.3 Å². The fraction of sp³-hybridized carbons (Fsp3) is 0.929. The summed E-state index contributed by atoms with van der Waals surface area (Å²) in [6.07, 6.45) is 8.71. The van der Waals surface area contributed by atoms with Crippen molar-refractivity contribution in [3.8, 4) is 0 Å². The lowest BCUT2D eigenvalue weighted by Gasteiger charge is -2.30. The molecule has 0 aliphatic heterocycles. The molecule has 1 unspecified atom stereocenters. The molecule has 0 heterocycles. The number of methoxy groups -OCH3 is 1. The van der Waals surface area contributed by atoms with Gasteiger partial charge in [-0.15, -0.1) is 0 Å². The smallest absolute Gasteiger partial charge is 0.308 e. The van der Waals surface area contributed by atoms with Gasteiger partial charge in [-0.05, 0) is 12.3 Å². The quantitative estimate of drug-likeness (QED) is 0.361. The highest BCUT2D eigenvalue weighted by atomic mass is 28.1. The molecule has 0 N–H and O–H groups in total. The van der Waals surface area contributed by atoms with Crippen molar-refractivity contribution in [2.45, 2.75) is 70.8 Å². The van der Waals surface area contributed by atoms with Crippen molar-refractivity contribution in [2.75, 3.05) is 7.11 Å². The van der Waals surface area contributed by atoms with Gasteiger partial charge in [0.05, 0.1) is 12.1 Å². The van der Waals surface area contributed by atoms with E-state index in [-0.39, 0.29) is 11.0 Å². The molecule has 0 fully saturated rings. The summed E-state index contributed by atoms with van der Waals surface area (Å²) in [5.41, 5.74) is 0. The number of rotatable bonds is 9. The molecule has 0 rings (SSSR count). The number of hydrogen-bond acceptors (Lipinski definition) is 2. The standard InChI is InChI=1S/C14H30O2Si/c1-5-6-7-8-9-10-11-14(17,12(2)3)13(15)16-4/h12H,5-11H2,1-4,17H3. The van der Waals surface area contributed by atoms with E-state index >= 15 is 0 Å². The summed E-state index contributed by atoms with van der Waals surface area (Å²) >= 11 is 0. The van der Waals surface area contributed by atoms with Crippen molar-refractivity contribution in [3.05, 3.63) is 0 Å². The first kappa shape index (κ1) is 16.7. The Morgan fingerprint density at radius 1 is 1.18 bits per heavy atom. The van der Waals surface area contributed by atoms with Crippen molar-refractivity contribution >= 4 is 16.2 Å². The largest absolute Gasteiger partial charge is 0.469 e. The van der Waals surface area contributed by atoms with Crippen molar-refractivity contribution in [1.29, 1.82) is 0 Å². The number of ether oxygens (including phenoxy) is 1. The maximum Gasteiger partial charge on any atom is 0.308 e. The van der Waals surface area contributed by atoms with Gasteiger partial charge < -0.3 is 4.74 Å². The van der Waals surface area contributed by atoms with Crippen LogP contribution in [0.25, 0.3) is 0 Å². The van der Waals surface area contributed by atoms with Crippen LogP contribution in [0.2, 0.25) is 5.04 Å². The van der Waals surface area contributed by atoms with E-state index < -0.39 is 0 Å². The van der Waals surface area contributed by atoms with E-state index in [4.69, 9.17) is 4.74 Å². The molecule has 0 saturated heterocycles. The number of carbonyl (C=O) groups is 1. The average molecular weight is 258 g/mol. The Hall–Kier alpha value is -0.313. The molecule has 1 atom stereocenters. The summed E-state index contributed by atoms with van der Waals surface area (Å²) in [4.78, 5) is 11.9. The third-order valence-corrected chi connectivity index (χ3v) is 6.04. The van der Waals surface area contributed by atoms with Crippen LogP contribution in [0.5, 0.6) is 0 Å². The van der Waals surface area contributed by atoms with Crippen molar-refractivity contribution in [1.82, 2.24) is 0 Å². The van der Waals surface area contributed by atoms with Crippen LogP contribution in [0.4, 0.5) is 0 Å². The van der Waals surface area contributed by atoms with Crippen LogP contribution in [0, 0.1) is 5.92 Å². The highest BCUT2D eigenvalue weighted by Gasteiger charge is 2.36. The molecule has 0 radical (unpaired) electrons. The normalized spacial score (nSPS) is 14.9. The summed E-state index contributed by atoms with van der Waals surface area (Å²) in [5, 5.41) is -0.167. The van der Waals surface area contributed by atoms with Crippen LogP contribution in [-0.2, 0) is 9.53 Å². The van der Waals surface area contributed by atoms with E-state index in [0.29, 0.717) is 5.92 Å². The Morgan fingerprint density at radius 2 is 1.71 bits per heavy atom. The first-order valence-electron chi connectivity index (χ1n) is 7.07. The van der Waals surface area contributed by atoms with Crippen LogP contribution in [0.15, 0.2) is 0 Å². The molecule has 0 aromatic carbocycles. The second-order valence-electron chi connectivity index (χ2n) is 5.58. The topological polar surface area (TPSA) is 26.3 Å². The Kier molecular flexibility index (Phi) is 8.57. The van der Waals surface area contributed by atoms with Crippen LogP contribution in [0.1, 0.15) is 65.7 Å². The highest BCUT2D eigenvalue weighted by Crippen LogP contribution is 2.38. The lowest BCUT2D eigenvalue weighted by molar-refractivity contribution is -0.146. The van der Waals surface area contributed by atoms with E-state index in [1.165, 1.54) is 45.6 Å². The van der Waals surface area contributed by atoms with Gasteiger partial charge in [-0.2, -0.15) is 0 Å². The van der Waals surface area contributed by atoms with Gasteiger partial charge >= 0.3 is 5.97 Å². The van der Waals surface area contributed by atoms with Gasteiger partial charge in [0, 0.05) is 10.2 Å². The van der Waals surface area contributed by atoms with Gasteiger partial charge in [-0.3, -0.25) is 4.79 Å². The van der Waals surface area contributed by atoms with Crippen molar-refractivity contribution in [2.24, 2.45) is 5.92 Å². The molecular formula is C14H30O2Si. The lowest BCUT2D eigenvalue weighted by Crippen LogP contribution is -2.31. The zero-order valence-electron chi connectivity index (χ0n) is 12.3. The molecular weight excluding hydrogens is 228 g/mol. The number of hydrogen-bond donors (Lipinski definition) is 0. The second kappa shape index (κ2) is 8.73. The third-order valence-electron chi connectivity index (χ3n) is 3.98. The molecule has 0 aliphatic rings. The molecule has 2 nitrogen and oxygen atoms in total. The zero-order chi connectivity index (χ0) is 13.3. The van der Waals surface area contributed by atoms with E-state index in [1.807, 2.05) is 0 Å². The van der Waals surface area contributed by atoms with Crippen LogP contribution >= 0.6 is 0 Å². The maximum absolute atomic E-state index is 11.9. The zero-order valence-corrected chi connectivity index (χ0v) is 14.3. The summed E-state index contributed by atoms with van der Waals surface area (Å²) < 4.78 is 4.97. The van der Waals surface area contributed by atoms with Gasteiger partial charge in [-0.25, -0.2) is 0 Å². The van der Waals surface area contributed by atoms with E-state index in [1.54, 1.807) is 0 Å². The fourth-order valence-electron chi connectivity index (χ4n) is 2.13. The van der Waals surface area contributed by atoms with Gasteiger partial charge in [0.15, 0.2) is 0 Å². The molecule has 0 amide bonds. The predicted octanol–water partition coefficient (Wildman–Crippen LogP) is 3.09. The van der Waals surface area contributed by atoms with Crippen LogP contribution in [0.3, 0.4) is 0 Å². The number of carbonyl (C=O) groups excluding carboxylic acids is 1. The second-order valence-corrected chi connectivity index (χ2v) is 7.37. The van der Waals surface area contributed by atoms with Gasteiger partial charge in [0.2, 0.25) is 0 Å². The van der Waals surface area contributed by atoms with E-state index in [0.717, 1.165) is 16.7 Å². The first-order chi connectivity index (χ1) is 7.99.